The van der Waals surface area contributed by atoms with E-state index >= 15 is 0 Å². The molecule has 1 N–H and O–H groups in total. The minimum Gasteiger partial charge on any atom is -0.449 e. The highest BCUT2D eigenvalue weighted by Gasteiger charge is 2.29. The quantitative estimate of drug-likeness (QED) is 0.588. The van der Waals surface area contributed by atoms with Crippen molar-refractivity contribution in [2.45, 2.75) is 26.1 Å². The zero-order valence-electron chi connectivity index (χ0n) is 14.9. The molecule has 0 atom stereocenters. The number of carbonyl (C=O) groups is 1. The summed E-state index contributed by atoms with van der Waals surface area (Å²) < 4.78 is 43.6. The second-order valence-corrected chi connectivity index (χ2v) is 6.83. The molecule has 146 valence electrons. The van der Waals surface area contributed by atoms with Crippen molar-refractivity contribution in [1.82, 2.24) is 0 Å². The molecular weight excluding hydrogens is 425 g/mol. The number of nitrogens with zero attached hydrogens (tertiary/aromatic N) is 1. The third-order valence-electron chi connectivity index (χ3n) is 3.77. The average molecular weight is 445 g/mol. The van der Waals surface area contributed by atoms with Gasteiger partial charge in [-0.05, 0) is 58.2 Å². The van der Waals surface area contributed by atoms with Crippen LogP contribution in [0.4, 0.5) is 29.3 Å². The summed E-state index contributed by atoms with van der Waals surface area (Å²) in [6.45, 7) is 2.69. The van der Waals surface area contributed by atoms with Crippen molar-refractivity contribution in [3.8, 4) is 0 Å². The Kier molecular flexibility index (Phi) is 7.12. The Morgan fingerprint density at radius 2 is 1.85 bits per heavy atom. The van der Waals surface area contributed by atoms with Gasteiger partial charge in [0.25, 0.3) is 0 Å². The van der Waals surface area contributed by atoms with Crippen LogP contribution in [0.3, 0.4) is 0 Å². The molecule has 2 aromatic carbocycles. The lowest BCUT2D eigenvalue weighted by molar-refractivity contribution is -0.137. The van der Waals surface area contributed by atoms with Gasteiger partial charge in [0.05, 0.1) is 17.9 Å². The van der Waals surface area contributed by atoms with Gasteiger partial charge in [-0.2, -0.15) is 13.2 Å². The number of hydrogen-bond donors (Lipinski definition) is 1. The first-order valence-electron chi connectivity index (χ1n) is 8.31. The van der Waals surface area contributed by atoms with Crippen molar-refractivity contribution < 1.29 is 22.7 Å². The van der Waals surface area contributed by atoms with Gasteiger partial charge in [-0.25, -0.2) is 4.79 Å². The van der Waals surface area contributed by atoms with E-state index in [-0.39, 0.29) is 0 Å². The van der Waals surface area contributed by atoms with E-state index in [0.29, 0.717) is 23.3 Å². The number of carbonyl (C=O) groups excluding carboxylic acids is 1. The van der Waals surface area contributed by atoms with Crippen LogP contribution in [0.1, 0.15) is 24.5 Å². The van der Waals surface area contributed by atoms with Crippen LogP contribution in [0.5, 0.6) is 0 Å². The molecule has 2 aromatic rings. The van der Waals surface area contributed by atoms with E-state index in [1.54, 1.807) is 6.07 Å². The SMILES string of the molecule is CCCOC(=O)Nc1ccc(N(C)Cc2ccc(C(F)(F)F)cc2)cc1Br. The van der Waals surface area contributed by atoms with Crippen molar-refractivity contribution >= 4 is 33.4 Å². The van der Waals surface area contributed by atoms with Crippen molar-refractivity contribution in [2.75, 3.05) is 23.9 Å². The number of amides is 1. The number of halogens is 4. The lowest BCUT2D eigenvalue weighted by Crippen LogP contribution is -2.17. The van der Waals surface area contributed by atoms with E-state index < -0.39 is 17.8 Å². The molecule has 0 fully saturated rings. The lowest BCUT2D eigenvalue weighted by atomic mass is 10.1. The number of nitrogens with one attached hydrogen (secondary N) is 1. The molecule has 0 saturated heterocycles. The normalized spacial score (nSPS) is 11.2. The summed E-state index contributed by atoms with van der Waals surface area (Å²) in [7, 11) is 1.84. The standard InChI is InChI=1S/C19H20BrF3N2O2/c1-3-10-27-18(26)24-17-9-8-15(11-16(17)20)25(2)12-13-4-6-14(7-5-13)19(21,22)23/h4-9,11H,3,10,12H2,1-2H3,(H,24,26). The molecule has 27 heavy (non-hydrogen) atoms. The predicted molar refractivity (Wildman–Crippen MR) is 103 cm³/mol. The van der Waals surface area contributed by atoms with Crippen molar-refractivity contribution in [2.24, 2.45) is 0 Å². The topological polar surface area (TPSA) is 41.6 Å². The minimum absolute atomic E-state index is 0.345. The van der Waals surface area contributed by atoms with Crippen LogP contribution in [0.2, 0.25) is 0 Å². The molecular formula is C19H20BrF3N2O2. The smallest absolute Gasteiger partial charge is 0.416 e. The number of alkyl halides is 3. The van der Waals surface area contributed by atoms with E-state index in [2.05, 4.69) is 21.2 Å². The summed E-state index contributed by atoms with van der Waals surface area (Å²) in [4.78, 5) is 13.5. The predicted octanol–water partition coefficient (Wildman–Crippen LogP) is 6.06. The molecule has 0 aliphatic rings. The van der Waals surface area contributed by atoms with E-state index in [0.717, 1.165) is 29.8 Å². The van der Waals surface area contributed by atoms with Gasteiger partial charge in [0, 0.05) is 23.8 Å². The zero-order valence-corrected chi connectivity index (χ0v) is 16.5. The third kappa shape index (κ3) is 6.16. The Bertz CT molecular complexity index is 780. The minimum atomic E-state index is -4.34. The molecule has 0 spiro atoms. The maximum absolute atomic E-state index is 12.6. The Hall–Kier alpha value is -2.22. The number of rotatable bonds is 6. The highest BCUT2D eigenvalue weighted by atomic mass is 79.9. The molecule has 0 aliphatic carbocycles. The first-order chi connectivity index (χ1) is 12.7. The van der Waals surface area contributed by atoms with Crippen LogP contribution in [-0.2, 0) is 17.5 Å². The summed E-state index contributed by atoms with van der Waals surface area (Å²) in [6.07, 6.45) is -4.12. The molecule has 0 bridgehead atoms. The fraction of sp³-hybridized carbons (Fsp3) is 0.316. The first kappa shape index (κ1) is 21.1. The highest BCUT2D eigenvalue weighted by molar-refractivity contribution is 9.10. The molecule has 2 rings (SSSR count). The third-order valence-corrected chi connectivity index (χ3v) is 4.42. The largest absolute Gasteiger partial charge is 0.449 e. The fourth-order valence-electron chi connectivity index (χ4n) is 2.35. The molecule has 0 saturated carbocycles. The van der Waals surface area contributed by atoms with Gasteiger partial charge < -0.3 is 9.64 Å². The second-order valence-electron chi connectivity index (χ2n) is 5.98. The van der Waals surface area contributed by atoms with E-state index in [1.807, 2.05) is 31.0 Å². The molecule has 4 nitrogen and oxygen atoms in total. The molecule has 0 unspecified atom stereocenters. The Morgan fingerprint density at radius 1 is 1.19 bits per heavy atom. The summed E-state index contributed by atoms with van der Waals surface area (Å²) in [5.74, 6) is 0. The molecule has 0 aliphatic heterocycles. The fourth-order valence-corrected chi connectivity index (χ4v) is 2.81. The van der Waals surface area contributed by atoms with Gasteiger partial charge in [0.15, 0.2) is 0 Å². The number of hydrogen-bond acceptors (Lipinski definition) is 3. The Balaban J connectivity index is 2.03. The maximum Gasteiger partial charge on any atom is 0.416 e. The molecule has 8 heteroatoms. The van der Waals surface area contributed by atoms with Crippen LogP contribution in [-0.4, -0.2) is 19.7 Å². The van der Waals surface area contributed by atoms with Crippen LogP contribution < -0.4 is 10.2 Å². The number of benzene rings is 2. The van der Waals surface area contributed by atoms with E-state index in [4.69, 9.17) is 4.74 Å². The first-order valence-corrected chi connectivity index (χ1v) is 9.10. The zero-order chi connectivity index (χ0) is 20.0. The van der Waals surface area contributed by atoms with Gasteiger partial charge in [0.2, 0.25) is 0 Å². The molecule has 0 aromatic heterocycles. The number of anilines is 2. The van der Waals surface area contributed by atoms with Crippen LogP contribution >= 0.6 is 15.9 Å². The van der Waals surface area contributed by atoms with Crippen LogP contribution in [0.15, 0.2) is 46.9 Å². The Labute approximate surface area is 164 Å². The lowest BCUT2D eigenvalue weighted by Gasteiger charge is -2.21. The van der Waals surface area contributed by atoms with Crippen LogP contribution in [0.25, 0.3) is 0 Å². The van der Waals surface area contributed by atoms with Crippen molar-refractivity contribution in [3.05, 3.63) is 58.1 Å². The monoisotopic (exact) mass is 444 g/mol. The Morgan fingerprint density at radius 3 is 2.41 bits per heavy atom. The van der Waals surface area contributed by atoms with Gasteiger partial charge in [-0.1, -0.05) is 19.1 Å². The van der Waals surface area contributed by atoms with Gasteiger partial charge in [-0.3, -0.25) is 5.32 Å². The average Bonchev–Trinajstić information content (AvgIpc) is 2.61. The molecule has 0 heterocycles. The van der Waals surface area contributed by atoms with E-state index in [9.17, 15) is 18.0 Å². The summed E-state index contributed by atoms with van der Waals surface area (Å²) in [5.41, 5.74) is 1.51. The van der Waals surface area contributed by atoms with Gasteiger partial charge in [0.1, 0.15) is 0 Å². The maximum atomic E-state index is 12.6. The summed E-state index contributed by atoms with van der Waals surface area (Å²) in [5, 5.41) is 2.65. The van der Waals surface area contributed by atoms with Gasteiger partial charge in [-0.15, -0.1) is 0 Å². The van der Waals surface area contributed by atoms with Crippen LogP contribution in [0, 0.1) is 0 Å². The second kappa shape index (κ2) is 9.12. The summed E-state index contributed by atoms with van der Waals surface area (Å²) >= 11 is 3.41. The highest BCUT2D eigenvalue weighted by Crippen LogP contribution is 2.30. The molecule has 0 radical (unpaired) electrons. The number of ether oxygens (including phenoxy) is 1. The van der Waals surface area contributed by atoms with E-state index in [1.165, 1.54) is 12.1 Å². The summed E-state index contributed by atoms with van der Waals surface area (Å²) in [6, 6.07) is 10.4. The van der Waals surface area contributed by atoms with Gasteiger partial charge >= 0.3 is 12.3 Å². The van der Waals surface area contributed by atoms with Crippen molar-refractivity contribution in [3.63, 3.8) is 0 Å². The van der Waals surface area contributed by atoms with Crippen molar-refractivity contribution in [1.29, 1.82) is 0 Å². The molecule has 1 amide bonds.